The number of alkyl halides is 3. The highest BCUT2D eigenvalue weighted by molar-refractivity contribution is 5.91. The monoisotopic (exact) mass is 325 g/mol. The molecule has 1 heterocycles. The molecule has 0 aliphatic heterocycles. The number of carbonyl (C=O) groups is 1. The molecular weight excluding hydrogens is 311 g/mol. The van der Waals surface area contributed by atoms with Crippen LogP contribution in [0.2, 0.25) is 0 Å². The molecular formula is C15H14F3N3O2. The minimum atomic E-state index is -4.68. The second-order valence-corrected chi connectivity index (χ2v) is 4.77. The van der Waals surface area contributed by atoms with Crippen LogP contribution in [0, 0.1) is 0 Å². The first-order valence-electron chi connectivity index (χ1n) is 6.84. The van der Waals surface area contributed by atoms with Gasteiger partial charge in [0.2, 0.25) is 5.91 Å². The Labute approximate surface area is 129 Å². The van der Waals surface area contributed by atoms with Gasteiger partial charge in [-0.3, -0.25) is 9.59 Å². The molecule has 0 aliphatic rings. The summed E-state index contributed by atoms with van der Waals surface area (Å²) in [5, 5.41) is 5.76. The van der Waals surface area contributed by atoms with E-state index < -0.39 is 29.9 Å². The molecule has 0 atom stereocenters. The number of hydrogen-bond donors (Lipinski definition) is 1. The lowest BCUT2D eigenvalue weighted by molar-refractivity contribution is -0.142. The third-order valence-electron chi connectivity index (χ3n) is 3.12. The van der Waals surface area contributed by atoms with E-state index in [1.165, 1.54) is 0 Å². The summed E-state index contributed by atoms with van der Waals surface area (Å²) in [7, 11) is 0. The number of amides is 1. The molecule has 1 amide bonds. The molecule has 5 nitrogen and oxygen atoms in total. The average Bonchev–Trinajstić information content (AvgIpc) is 2.49. The predicted octanol–water partition coefficient (Wildman–Crippen LogP) is 2.46. The third kappa shape index (κ3) is 4.18. The van der Waals surface area contributed by atoms with Crippen LogP contribution in [0.15, 0.2) is 41.2 Å². The number of hydrogen-bond acceptors (Lipinski definition) is 3. The molecule has 0 saturated heterocycles. The first-order valence-corrected chi connectivity index (χ1v) is 6.84. The van der Waals surface area contributed by atoms with Crippen LogP contribution >= 0.6 is 0 Å². The van der Waals surface area contributed by atoms with Crippen molar-refractivity contribution in [2.75, 3.05) is 5.32 Å². The molecule has 8 heteroatoms. The summed E-state index contributed by atoms with van der Waals surface area (Å²) in [6, 6.07) is 8.37. The van der Waals surface area contributed by atoms with Crippen molar-refractivity contribution >= 4 is 11.6 Å². The van der Waals surface area contributed by atoms with Crippen molar-refractivity contribution in [1.29, 1.82) is 0 Å². The summed E-state index contributed by atoms with van der Waals surface area (Å²) in [6.45, 7) is 1.31. The maximum absolute atomic E-state index is 12.6. The van der Waals surface area contributed by atoms with Crippen molar-refractivity contribution in [3.05, 3.63) is 58.0 Å². The summed E-state index contributed by atoms with van der Waals surface area (Å²) >= 11 is 0. The van der Waals surface area contributed by atoms with Crippen molar-refractivity contribution in [3.63, 3.8) is 0 Å². The van der Waals surface area contributed by atoms with E-state index in [-0.39, 0.29) is 0 Å². The molecule has 1 aromatic carbocycles. The summed E-state index contributed by atoms with van der Waals surface area (Å²) in [6.07, 6.45) is -4.00. The lowest BCUT2D eigenvalue weighted by Gasteiger charge is -2.11. The van der Waals surface area contributed by atoms with Gasteiger partial charge in [0.05, 0.1) is 0 Å². The molecule has 2 rings (SSSR count). The van der Waals surface area contributed by atoms with Crippen molar-refractivity contribution < 1.29 is 18.0 Å². The van der Waals surface area contributed by atoms with E-state index in [2.05, 4.69) is 10.4 Å². The Bertz CT molecular complexity index is 769. The highest BCUT2D eigenvalue weighted by Crippen LogP contribution is 2.26. The van der Waals surface area contributed by atoms with Gasteiger partial charge in [0.1, 0.15) is 6.54 Å². The fourth-order valence-electron chi connectivity index (χ4n) is 1.99. The van der Waals surface area contributed by atoms with E-state index in [0.717, 1.165) is 11.6 Å². The van der Waals surface area contributed by atoms with Crippen LogP contribution in [-0.2, 0) is 23.9 Å². The molecule has 0 unspecified atom stereocenters. The molecule has 0 aliphatic carbocycles. The number of benzene rings is 1. The SMILES string of the molecule is CCc1ccccc1NC(=O)Cn1nc(C(F)(F)F)ccc1=O. The number of nitrogens with zero attached hydrogens (tertiary/aromatic N) is 2. The predicted molar refractivity (Wildman–Crippen MR) is 77.9 cm³/mol. The Morgan fingerprint density at radius 2 is 1.91 bits per heavy atom. The number of anilines is 1. The largest absolute Gasteiger partial charge is 0.435 e. The van der Waals surface area contributed by atoms with Gasteiger partial charge in [0.25, 0.3) is 5.56 Å². The summed E-state index contributed by atoms with van der Waals surface area (Å²) in [5.41, 5.74) is -0.569. The first-order chi connectivity index (χ1) is 10.8. The van der Waals surface area contributed by atoms with Crippen LogP contribution in [0.4, 0.5) is 18.9 Å². The zero-order valence-electron chi connectivity index (χ0n) is 12.2. The molecule has 2 aromatic rings. The zero-order chi connectivity index (χ0) is 17.0. The van der Waals surface area contributed by atoms with Gasteiger partial charge in [0, 0.05) is 11.8 Å². The average molecular weight is 325 g/mol. The molecule has 0 spiro atoms. The van der Waals surface area contributed by atoms with Gasteiger partial charge in [-0.05, 0) is 24.1 Å². The number of halogens is 3. The summed E-state index contributed by atoms with van der Waals surface area (Å²) in [4.78, 5) is 23.5. The summed E-state index contributed by atoms with van der Waals surface area (Å²) in [5.74, 6) is -0.625. The Kier molecular flexibility index (Phi) is 4.83. The molecule has 23 heavy (non-hydrogen) atoms. The molecule has 1 aromatic heterocycles. The van der Waals surface area contributed by atoms with Crippen LogP contribution < -0.4 is 10.9 Å². The number of para-hydroxylation sites is 1. The standard InChI is InChI=1S/C15H14F3N3O2/c1-2-10-5-3-4-6-11(10)19-13(22)9-21-14(23)8-7-12(20-21)15(16,17)18/h3-8H,2,9H2,1H3,(H,19,22). The van der Waals surface area contributed by atoms with Gasteiger partial charge in [-0.1, -0.05) is 25.1 Å². The molecule has 0 bridgehead atoms. The Hall–Kier alpha value is -2.64. The van der Waals surface area contributed by atoms with Crippen molar-refractivity contribution in [2.45, 2.75) is 26.1 Å². The number of aromatic nitrogens is 2. The van der Waals surface area contributed by atoms with Gasteiger partial charge < -0.3 is 5.32 Å². The van der Waals surface area contributed by atoms with E-state index in [1.54, 1.807) is 12.1 Å². The smallest absolute Gasteiger partial charge is 0.324 e. The highest BCUT2D eigenvalue weighted by atomic mass is 19.4. The van der Waals surface area contributed by atoms with Crippen LogP contribution in [-0.4, -0.2) is 15.7 Å². The maximum atomic E-state index is 12.6. The molecule has 0 fully saturated rings. The highest BCUT2D eigenvalue weighted by Gasteiger charge is 2.33. The van der Waals surface area contributed by atoms with Crippen LogP contribution in [0.1, 0.15) is 18.2 Å². The van der Waals surface area contributed by atoms with Crippen molar-refractivity contribution in [3.8, 4) is 0 Å². The van der Waals surface area contributed by atoms with E-state index in [0.29, 0.717) is 22.9 Å². The minimum Gasteiger partial charge on any atom is -0.324 e. The Morgan fingerprint density at radius 3 is 2.57 bits per heavy atom. The van der Waals surface area contributed by atoms with Crippen LogP contribution in [0.25, 0.3) is 0 Å². The third-order valence-corrected chi connectivity index (χ3v) is 3.12. The van der Waals surface area contributed by atoms with Gasteiger partial charge in [-0.15, -0.1) is 0 Å². The number of aryl methyl sites for hydroxylation is 1. The molecule has 0 radical (unpaired) electrons. The van der Waals surface area contributed by atoms with Gasteiger partial charge in [-0.25, -0.2) is 4.68 Å². The minimum absolute atomic E-state index is 0.493. The van der Waals surface area contributed by atoms with E-state index in [4.69, 9.17) is 0 Å². The van der Waals surface area contributed by atoms with Crippen LogP contribution in [0.5, 0.6) is 0 Å². The van der Waals surface area contributed by atoms with Crippen molar-refractivity contribution in [2.24, 2.45) is 0 Å². The quantitative estimate of drug-likeness (QED) is 0.939. The maximum Gasteiger partial charge on any atom is 0.435 e. The zero-order valence-corrected chi connectivity index (χ0v) is 12.2. The number of rotatable bonds is 4. The molecule has 122 valence electrons. The number of nitrogens with one attached hydrogen (secondary N) is 1. The van der Waals surface area contributed by atoms with Gasteiger partial charge in [-0.2, -0.15) is 18.3 Å². The molecule has 0 saturated carbocycles. The van der Waals surface area contributed by atoms with E-state index in [9.17, 15) is 22.8 Å². The normalized spacial score (nSPS) is 11.3. The van der Waals surface area contributed by atoms with Gasteiger partial charge in [0.15, 0.2) is 5.69 Å². The van der Waals surface area contributed by atoms with E-state index >= 15 is 0 Å². The molecule has 1 N–H and O–H groups in total. The first kappa shape index (κ1) is 16.7. The topological polar surface area (TPSA) is 64.0 Å². The van der Waals surface area contributed by atoms with Crippen LogP contribution in [0.3, 0.4) is 0 Å². The Morgan fingerprint density at radius 1 is 1.22 bits per heavy atom. The van der Waals surface area contributed by atoms with E-state index in [1.807, 2.05) is 19.1 Å². The lowest BCUT2D eigenvalue weighted by atomic mass is 10.1. The second kappa shape index (κ2) is 6.64. The fraction of sp³-hybridized carbons (Fsp3) is 0.267. The fourth-order valence-corrected chi connectivity index (χ4v) is 1.99. The Balaban J connectivity index is 2.19. The summed E-state index contributed by atoms with van der Waals surface area (Å²) < 4.78 is 38.3. The van der Waals surface area contributed by atoms with Crippen molar-refractivity contribution in [1.82, 2.24) is 9.78 Å². The number of carbonyl (C=O) groups excluding carboxylic acids is 1. The second-order valence-electron chi connectivity index (χ2n) is 4.77. The lowest BCUT2D eigenvalue weighted by Crippen LogP contribution is -2.31. The van der Waals surface area contributed by atoms with Gasteiger partial charge >= 0.3 is 6.18 Å².